The lowest BCUT2D eigenvalue weighted by atomic mass is 9.95. The van der Waals surface area contributed by atoms with Gasteiger partial charge < -0.3 is 15.2 Å². The van der Waals surface area contributed by atoms with Crippen LogP contribution in [-0.2, 0) is 25.5 Å². The molecule has 1 aromatic rings. The van der Waals surface area contributed by atoms with E-state index in [0.29, 0.717) is 6.42 Å². The molecule has 0 bridgehead atoms. The zero-order valence-corrected chi connectivity index (χ0v) is 11.7. The fraction of sp³-hybridized carbons (Fsp3) is 0.467. The number of carbonyl (C=O) groups is 2. The Labute approximate surface area is 118 Å². The maximum atomic E-state index is 11.8. The number of hydrogen-bond donors (Lipinski definition) is 1. The van der Waals surface area contributed by atoms with E-state index in [9.17, 15) is 9.59 Å². The molecule has 5 nitrogen and oxygen atoms in total. The smallest absolute Gasteiger partial charge is 0.323 e. The molecule has 1 heterocycles. The summed E-state index contributed by atoms with van der Waals surface area (Å²) in [6.45, 7) is 3.06. The summed E-state index contributed by atoms with van der Waals surface area (Å²) in [5.74, 6) is -3.24. The Balaban J connectivity index is 1.96. The standard InChI is InChI=1S/C15H19NO4/c1-15(2)19-13(17)12(14(18)20-15)9-11(16)8-10-6-4-3-5-7-10/h3-7,11-12H,8-9,16H2,1-2H3. The molecule has 1 aliphatic heterocycles. The van der Waals surface area contributed by atoms with Gasteiger partial charge in [0.1, 0.15) is 0 Å². The number of rotatable bonds is 4. The van der Waals surface area contributed by atoms with Crippen LogP contribution < -0.4 is 5.73 Å². The van der Waals surface area contributed by atoms with Gasteiger partial charge in [-0.15, -0.1) is 0 Å². The Morgan fingerprint density at radius 1 is 1.15 bits per heavy atom. The predicted octanol–water partition coefficient (Wildman–Crippen LogP) is 1.40. The first kappa shape index (κ1) is 14.5. The summed E-state index contributed by atoms with van der Waals surface area (Å²) in [7, 11) is 0. The molecule has 5 heteroatoms. The highest BCUT2D eigenvalue weighted by Gasteiger charge is 2.43. The van der Waals surface area contributed by atoms with Crippen molar-refractivity contribution in [2.75, 3.05) is 0 Å². The molecule has 1 saturated heterocycles. The van der Waals surface area contributed by atoms with Crippen LogP contribution in [0.3, 0.4) is 0 Å². The van der Waals surface area contributed by atoms with Gasteiger partial charge >= 0.3 is 11.9 Å². The van der Waals surface area contributed by atoms with Crippen molar-refractivity contribution in [2.24, 2.45) is 11.7 Å². The minimum Gasteiger partial charge on any atom is -0.422 e. The van der Waals surface area contributed by atoms with Crippen molar-refractivity contribution < 1.29 is 19.1 Å². The molecule has 108 valence electrons. The summed E-state index contributed by atoms with van der Waals surface area (Å²) in [6.07, 6.45) is 0.823. The second kappa shape index (κ2) is 5.63. The van der Waals surface area contributed by atoms with Crippen LogP contribution in [0.4, 0.5) is 0 Å². The predicted molar refractivity (Wildman–Crippen MR) is 72.5 cm³/mol. The quantitative estimate of drug-likeness (QED) is 0.664. The van der Waals surface area contributed by atoms with Gasteiger partial charge in [0, 0.05) is 19.9 Å². The number of ether oxygens (including phenoxy) is 2. The first-order valence-electron chi connectivity index (χ1n) is 6.62. The van der Waals surface area contributed by atoms with E-state index in [2.05, 4.69) is 0 Å². The highest BCUT2D eigenvalue weighted by atomic mass is 16.7. The molecule has 1 atom stereocenters. The summed E-state index contributed by atoms with van der Waals surface area (Å²) in [4.78, 5) is 23.7. The fourth-order valence-electron chi connectivity index (χ4n) is 2.24. The van der Waals surface area contributed by atoms with Gasteiger partial charge in [0.05, 0.1) is 0 Å². The molecular formula is C15H19NO4. The summed E-state index contributed by atoms with van der Waals surface area (Å²) in [5.41, 5.74) is 7.08. The number of carbonyl (C=O) groups excluding carboxylic acids is 2. The molecule has 0 radical (unpaired) electrons. The Kier molecular flexibility index (Phi) is 4.09. The topological polar surface area (TPSA) is 78.6 Å². The Hall–Kier alpha value is -1.88. The Morgan fingerprint density at radius 3 is 2.25 bits per heavy atom. The average molecular weight is 277 g/mol. The average Bonchev–Trinajstić information content (AvgIpc) is 2.34. The van der Waals surface area contributed by atoms with Gasteiger partial charge in [-0.25, -0.2) is 0 Å². The lowest BCUT2D eigenvalue weighted by Crippen LogP contribution is -2.48. The zero-order valence-electron chi connectivity index (χ0n) is 11.7. The van der Waals surface area contributed by atoms with Gasteiger partial charge in [0.25, 0.3) is 5.79 Å². The molecule has 1 fully saturated rings. The number of esters is 2. The molecule has 20 heavy (non-hydrogen) atoms. The number of benzene rings is 1. The van der Waals surface area contributed by atoms with Crippen LogP contribution in [0.1, 0.15) is 25.8 Å². The van der Waals surface area contributed by atoms with Crippen LogP contribution in [0.2, 0.25) is 0 Å². The van der Waals surface area contributed by atoms with E-state index in [1.165, 1.54) is 13.8 Å². The normalized spacial score (nSPS) is 20.1. The van der Waals surface area contributed by atoms with Crippen molar-refractivity contribution >= 4 is 11.9 Å². The first-order valence-corrected chi connectivity index (χ1v) is 6.62. The van der Waals surface area contributed by atoms with Crippen LogP contribution in [-0.4, -0.2) is 23.8 Å². The molecule has 2 rings (SSSR count). The molecule has 1 aromatic carbocycles. The van der Waals surface area contributed by atoms with Gasteiger partial charge in [-0.05, 0) is 18.4 Å². The second-order valence-corrected chi connectivity index (χ2v) is 5.48. The van der Waals surface area contributed by atoms with Crippen molar-refractivity contribution in [1.82, 2.24) is 0 Å². The van der Waals surface area contributed by atoms with E-state index in [1.807, 2.05) is 30.3 Å². The molecule has 1 aliphatic rings. The maximum absolute atomic E-state index is 11.8. The summed E-state index contributed by atoms with van der Waals surface area (Å²) < 4.78 is 10.1. The van der Waals surface area contributed by atoms with E-state index >= 15 is 0 Å². The van der Waals surface area contributed by atoms with E-state index < -0.39 is 23.6 Å². The van der Waals surface area contributed by atoms with Crippen LogP contribution in [0.15, 0.2) is 30.3 Å². The third-order valence-electron chi connectivity index (χ3n) is 3.14. The molecule has 0 aliphatic carbocycles. The van der Waals surface area contributed by atoms with E-state index in [1.54, 1.807) is 0 Å². The summed E-state index contributed by atoms with van der Waals surface area (Å²) in [6, 6.07) is 9.39. The van der Waals surface area contributed by atoms with Crippen LogP contribution in [0, 0.1) is 5.92 Å². The van der Waals surface area contributed by atoms with Crippen molar-refractivity contribution in [3.05, 3.63) is 35.9 Å². The Bertz CT molecular complexity index is 478. The van der Waals surface area contributed by atoms with Gasteiger partial charge in [0.2, 0.25) is 0 Å². The number of cyclic esters (lactones) is 2. The third kappa shape index (κ3) is 3.57. The summed E-state index contributed by atoms with van der Waals surface area (Å²) >= 11 is 0. The van der Waals surface area contributed by atoms with Crippen LogP contribution in [0.25, 0.3) is 0 Å². The molecule has 0 spiro atoms. The maximum Gasteiger partial charge on any atom is 0.323 e. The highest BCUT2D eigenvalue weighted by molar-refractivity contribution is 5.96. The molecule has 0 saturated carbocycles. The van der Waals surface area contributed by atoms with Gasteiger partial charge in [-0.2, -0.15) is 0 Å². The van der Waals surface area contributed by atoms with Crippen LogP contribution >= 0.6 is 0 Å². The monoisotopic (exact) mass is 277 g/mol. The van der Waals surface area contributed by atoms with Crippen molar-refractivity contribution in [3.63, 3.8) is 0 Å². The molecular weight excluding hydrogens is 258 g/mol. The minimum atomic E-state index is -1.19. The van der Waals surface area contributed by atoms with Gasteiger partial charge in [0.15, 0.2) is 5.92 Å². The van der Waals surface area contributed by atoms with Gasteiger partial charge in [-0.3, -0.25) is 9.59 Å². The van der Waals surface area contributed by atoms with Gasteiger partial charge in [-0.1, -0.05) is 30.3 Å². The second-order valence-electron chi connectivity index (χ2n) is 5.48. The van der Waals surface area contributed by atoms with E-state index in [4.69, 9.17) is 15.2 Å². The lowest BCUT2D eigenvalue weighted by molar-refractivity contribution is -0.240. The highest BCUT2D eigenvalue weighted by Crippen LogP contribution is 2.26. The zero-order chi connectivity index (χ0) is 14.8. The van der Waals surface area contributed by atoms with E-state index in [0.717, 1.165) is 5.56 Å². The lowest BCUT2D eigenvalue weighted by Gasteiger charge is -2.33. The van der Waals surface area contributed by atoms with Crippen molar-refractivity contribution in [2.45, 2.75) is 38.5 Å². The fourth-order valence-corrected chi connectivity index (χ4v) is 2.24. The molecule has 1 unspecified atom stereocenters. The number of nitrogens with two attached hydrogens (primary N) is 1. The van der Waals surface area contributed by atoms with Crippen molar-refractivity contribution in [1.29, 1.82) is 0 Å². The largest absolute Gasteiger partial charge is 0.422 e. The molecule has 0 amide bonds. The van der Waals surface area contributed by atoms with Crippen molar-refractivity contribution in [3.8, 4) is 0 Å². The van der Waals surface area contributed by atoms with Crippen LogP contribution in [0.5, 0.6) is 0 Å². The third-order valence-corrected chi connectivity index (χ3v) is 3.14. The molecule has 2 N–H and O–H groups in total. The number of hydrogen-bond acceptors (Lipinski definition) is 5. The Morgan fingerprint density at radius 2 is 1.70 bits per heavy atom. The molecule has 0 aromatic heterocycles. The minimum absolute atomic E-state index is 0.225. The first-order chi connectivity index (χ1) is 9.37. The summed E-state index contributed by atoms with van der Waals surface area (Å²) in [5, 5.41) is 0. The van der Waals surface area contributed by atoms with E-state index in [-0.39, 0.29) is 12.5 Å². The SMILES string of the molecule is CC1(C)OC(=O)C(CC(N)Cc2ccccc2)C(=O)O1.